The van der Waals surface area contributed by atoms with Gasteiger partial charge >= 0.3 is 6.01 Å². The molecule has 0 saturated carbocycles. The molecule has 0 unspecified atom stereocenters. The fourth-order valence-electron chi connectivity index (χ4n) is 1.02. The summed E-state index contributed by atoms with van der Waals surface area (Å²) in [7, 11) is 0. The number of carbonyl (C=O) groups excluding carboxylic acids is 1. The molecule has 0 atom stereocenters. The zero-order valence-electron chi connectivity index (χ0n) is 8.49. The van der Waals surface area contributed by atoms with Crippen LogP contribution in [0.25, 0.3) is 11.5 Å². The number of carbonyl (C=O) groups is 1. The molecule has 0 saturated heterocycles. The molecule has 2 aromatic heterocycles. The van der Waals surface area contributed by atoms with Crippen molar-refractivity contribution in [2.24, 2.45) is 0 Å². The Hall–Kier alpha value is -2.16. The predicted octanol–water partition coefficient (Wildman–Crippen LogP) is -0.399. The van der Waals surface area contributed by atoms with E-state index < -0.39 is 0 Å². The van der Waals surface area contributed by atoms with E-state index in [2.05, 4.69) is 42.7 Å². The average Bonchev–Trinajstić information content (AvgIpc) is 2.86. The molecule has 0 aromatic carbocycles. The summed E-state index contributed by atoms with van der Waals surface area (Å²) in [6, 6.07) is 1.74. The van der Waals surface area contributed by atoms with Crippen molar-refractivity contribution >= 4 is 18.7 Å². The van der Waals surface area contributed by atoms with Gasteiger partial charge in [-0.3, -0.25) is 14.6 Å². The van der Waals surface area contributed by atoms with E-state index in [9.17, 15) is 4.79 Å². The summed E-state index contributed by atoms with van der Waals surface area (Å²) >= 11 is 3.58. The topological polar surface area (TPSA) is 106 Å². The Morgan fingerprint density at radius 3 is 3.18 bits per heavy atom. The van der Waals surface area contributed by atoms with Crippen LogP contribution in [0.2, 0.25) is 0 Å². The number of ether oxygens (including phenoxy) is 1. The lowest BCUT2D eigenvalue weighted by atomic mass is 10.4. The number of rotatable bonds is 4. The molecule has 0 aliphatic rings. The van der Waals surface area contributed by atoms with Crippen LogP contribution in [0.5, 0.6) is 6.01 Å². The largest absolute Gasteiger partial charge is 0.452 e. The zero-order chi connectivity index (χ0) is 12.1. The Balaban J connectivity index is 2.04. The van der Waals surface area contributed by atoms with Crippen LogP contribution < -0.4 is 9.46 Å². The van der Waals surface area contributed by atoms with E-state index in [-0.39, 0.29) is 18.5 Å². The highest BCUT2D eigenvalue weighted by molar-refractivity contribution is 7.78. The van der Waals surface area contributed by atoms with E-state index in [1.807, 2.05) is 0 Å². The molecule has 0 aliphatic heterocycles. The minimum Gasteiger partial charge on any atom is -0.452 e. The van der Waals surface area contributed by atoms with Crippen molar-refractivity contribution < 1.29 is 9.53 Å². The van der Waals surface area contributed by atoms with E-state index >= 15 is 0 Å². The van der Waals surface area contributed by atoms with Crippen molar-refractivity contribution in [1.82, 2.24) is 29.9 Å². The van der Waals surface area contributed by atoms with E-state index in [0.717, 1.165) is 0 Å². The molecule has 1 amide bonds. The second-order valence-corrected chi connectivity index (χ2v) is 3.11. The van der Waals surface area contributed by atoms with E-state index in [1.54, 1.807) is 12.3 Å². The molecule has 2 rings (SSSR count). The van der Waals surface area contributed by atoms with Crippen molar-refractivity contribution in [1.29, 1.82) is 0 Å². The van der Waals surface area contributed by atoms with Crippen LogP contribution in [0.4, 0.5) is 0 Å². The fraction of sp³-hybridized carbons (Fsp3) is 0.125. The second kappa shape index (κ2) is 5.25. The van der Waals surface area contributed by atoms with Crippen LogP contribution in [0, 0.1) is 0 Å². The average molecular weight is 252 g/mol. The van der Waals surface area contributed by atoms with Gasteiger partial charge in [-0.1, -0.05) is 12.8 Å². The number of hydrogen-bond acceptors (Lipinski definition) is 7. The van der Waals surface area contributed by atoms with E-state index in [4.69, 9.17) is 4.74 Å². The van der Waals surface area contributed by atoms with Crippen LogP contribution in [0.15, 0.2) is 18.6 Å². The maximum Gasteiger partial charge on any atom is 0.336 e. The van der Waals surface area contributed by atoms with Gasteiger partial charge in [-0.05, 0) is 6.07 Å². The summed E-state index contributed by atoms with van der Waals surface area (Å²) in [6.07, 6.45) is 2.98. The smallest absolute Gasteiger partial charge is 0.336 e. The molecule has 0 radical (unpaired) electrons. The number of nitrogens with one attached hydrogen (secondary N) is 2. The van der Waals surface area contributed by atoms with E-state index in [0.29, 0.717) is 11.5 Å². The minimum absolute atomic E-state index is 0.0653. The Labute approximate surface area is 101 Å². The Kier molecular flexibility index (Phi) is 3.50. The van der Waals surface area contributed by atoms with Gasteiger partial charge in [0.1, 0.15) is 12.0 Å². The number of H-pyrrole nitrogens is 1. The fourth-order valence-corrected chi connectivity index (χ4v) is 1.08. The molecule has 2 heterocycles. The molecule has 2 aromatic rings. The number of nitrogens with zero attached hydrogens (tertiary/aromatic N) is 4. The van der Waals surface area contributed by atoms with E-state index in [1.165, 1.54) is 6.33 Å². The summed E-state index contributed by atoms with van der Waals surface area (Å²) < 4.78 is 7.12. The first-order valence-corrected chi connectivity index (χ1v) is 4.99. The van der Waals surface area contributed by atoms with Crippen LogP contribution in [-0.4, -0.2) is 37.7 Å². The zero-order valence-corrected chi connectivity index (χ0v) is 9.39. The molecule has 0 spiro atoms. The van der Waals surface area contributed by atoms with Crippen LogP contribution in [0.1, 0.15) is 0 Å². The molecule has 88 valence electrons. The first-order valence-electron chi connectivity index (χ1n) is 4.54. The SMILES string of the molecule is O=C(COc1n[nH]c(-c2ccncn2)n1)NS. The highest BCUT2D eigenvalue weighted by Gasteiger charge is 2.08. The lowest BCUT2D eigenvalue weighted by Gasteiger charge is -1.97. The van der Waals surface area contributed by atoms with Gasteiger partial charge in [-0.2, -0.15) is 4.98 Å². The number of aromatic nitrogens is 5. The predicted molar refractivity (Wildman–Crippen MR) is 60.0 cm³/mol. The summed E-state index contributed by atoms with van der Waals surface area (Å²) in [6.45, 7) is -0.204. The van der Waals surface area contributed by atoms with Crippen LogP contribution >= 0.6 is 12.8 Å². The Morgan fingerprint density at radius 1 is 1.59 bits per heavy atom. The van der Waals surface area contributed by atoms with Gasteiger partial charge in [-0.15, -0.1) is 5.10 Å². The molecule has 8 nitrogen and oxygen atoms in total. The first kappa shape index (κ1) is 11.3. The van der Waals surface area contributed by atoms with Gasteiger partial charge in [0.2, 0.25) is 0 Å². The standard InChI is InChI=1S/C8H8N6O2S/c15-6(14-17)3-16-8-11-7(12-13-8)5-1-2-9-4-10-5/h1-2,4,17H,3H2,(H,14,15)(H,11,12,13). The van der Waals surface area contributed by atoms with Gasteiger partial charge in [0.25, 0.3) is 5.91 Å². The maximum absolute atomic E-state index is 10.9. The monoisotopic (exact) mass is 252 g/mol. The highest BCUT2D eigenvalue weighted by atomic mass is 32.1. The summed E-state index contributed by atoms with van der Waals surface area (Å²) in [5, 5.41) is 6.41. The lowest BCUT2D eigenvalue weighted by Crippen LogP contribution is -2.21. The van der Waals surface area contributed by atoms with Crippen molar-refractivity contribution in [2.75, 3.05) is 6.61 Å². The lowest BCUT2D eigenvalue weighted by molar-refractivity contribution is -0.121. The molecular formula is C8H8N6O2S. The molecule has 17 heavy (non-hydrogen) atoms. The molecule has 0 bridgehead atoms. The molecule has 2 N–H and O–H groups in total. The van der Waals surface area contributed by atoms with Gasteiger partial charge in [0, 0.05) is 6.20 Å². The maximum atomic E-state index is 10.9. The molecule has 0 aliphatic carbocycles. The highest BCUT2D eigenvalue weighted by Crippen LogP contribution is 2.12. The van der Waals surface area contributed by atoms with Crippen LogP contribution in [0.3, 0.4) is 0 Å². The summed E-state index contributed by atoms with van der Waals surface area (Å²) in [5.74, 6) is 0.0513. The number of thiol groups is 1. The molecule has 9 heteroatoms. The summed E-state index contributed by atoms with van der Waals surface area (Å²) in [4.78, 5) is 22.6. The minimum atomic E-state index is -0.387. The number of hydrogen-bond donors (Lipinski definition) is 3. The number of amides is 1. The Bertz CT molecular complexity index is 502. The van der Waals surface area contributed by atoms with Crippen LogP contribution in [-0.2, 0) is 4.79 Å². The molecule has 0 fully saturated rings. The third-order valence-electron chi connectivity index (χ3n) is 1.75. The van der Waals surface area contributed by atoms with Crippen molar-refractivity contribution in [3.05, 3.63) is 18.6 Å². The normalized spacial score (nSPS) is 9.94. The first-order chi connectivity index (χ1) is 8.29. The van der Waals surface area contributed by atoms with Gasteiger partial charge in [0.05, 0.1) is 0 Å². The number of aromatic amines is 1. The quantitative estimate of drug-likeness (QED) is 0.639. The van der Waals surface area contributed by atoms with Gasteiger partial charge < -0.3 is 4.74 Å². The van der Waals surface area contributed by atoms with Gasteiger partial charge in [-0.25, -0.2) is 9.97 Å². The summed E-state index contributed by atoms with van der Waals surface area (Å²) in [5.41, 5.74) is 0.584. The second-order valence-electron chi connectivity index (χ2n) is 2.88. The third kappa shape index (κ3) is 2.91. The van der Waals surface area contributed by atoms with Gasteiger partial charge in [0.15, 0.2) is 12.4 Å². The van der Waals surface area contributed by atoms with Crippen molar-refractivity contribution in [3.8, 4) is 17.5 Å². The van der Waals surface area contributed by atoms with Crippen molar-refractivity contribution in [3.63, 3.8) is 0 Å². The third-order valence-corrected chi connectivity index (χ3v) is 2.00. The van der Waals surface area contributed by atoms with Crippen molar-refractivity contribution in [2.45, 2.75) is 0 Å². The molecular weight excluding hydrogens is 244 g/mol. The Morgan fingerprint density at radius 2 is 2.47 bits per heavy atom.